The number of rotatable bonds is 7. The molecule has 0 fully saturated rings. The number of nitrogens with one attached hydrogen (secondary N) is 1. The smallest absolute Gasteiger partial charge is 0.166 e. The van der Waals surface area contributed by atoms with Gasteiger partial charge in [0.15, 0.2) is 11.5 Å². The molecule has 3 rings (SSSR count). The fourth-order valence-corrected chi connectivity index (χ4v) is 2.92. The Bertz CT molecular complexity index is 851. The van der Waals surface area contributed by atoms with Gasteiger partial charge in [-0.1, -0.05) is 51.8 Å². The van der Waals surface area contributed by atoms with E-state index in [-0.39, 0.29) is 0 Å². The van der Waals surface area contributed by atoms with Gasteiger partial charge in [0, 0.05) is 27.3 Å². The molecule has 0 heterocycles. The fourth-order valence-electron chi connectivity index (χ4n) is 2.53. The van der Waals surface area contributed by atoms with E-state index in [1.54, 1.807) is 7.11 Å². The first-order chi connectivity index (χ1) is 12.7. The van der Waals surface area contributed by atoms with Crippen molar-refractivity contribution in [2.24, 2.45) is 0 Å². The predicted octanol–water partition coefficient (Wildman–Crippen LogP) is 6.30. The van der Waals surface area contributed by atoms with Crippen LogP contribution in [0.15, 0.2) is 71.2 Å². The van der Waals surface area contributed by atoms with Crippen molar-refractivity contribution in [1.82, 2.24) is 0 Å². The van der Waals surface area contributed by atoms with Gasteiger partial charge >= 0.3 is 0 Å². The number of hydrogen-bond acceptors (Lipinski definition) is 3. The van der Waals surface area contributed by atoms with Gasteiger partial charge in [0.1, 0.15) is 6.61 Å². The van der Waals surface area contributed by atoms with Crippen molar-refractivity contribution >= 4 is 33.2 Å². The molecule has 0 aliphatic rings. The van der Waals surface area contributed by atoms with E-state index in [1.807, 2.05) is 66.7 Å². The summed E-state index contributed by atoms with van der Waals surface area (Å²) in [6.45, 7) is 1.08. The standard InChI is InChI=1S/C21H19BrClNO2/c1-25-20-4-2-3-16(13-24-19-11-7-17(22)8-12-19)21(20)26-14-15-5-9-18(23)10-6-15/h2-12,24H,13-14H2,1H3. The Morgan fingerprint density at radius 1 is 0.962 bits per heavy atom. The van der Waals surface area contributed by atoms with E-state index < -0.39 is 0 Å². The zero-order chi connectivity index (χ0) is 18.4. The number of para-hydroxylation sites is 1. The van der Waals surface area contributed by atoms with Gasteiger partial charge in [0.2, 0.25) is 0 Å². The number of halogens is 2. The Morgan fingerprint density at radius 2 is 1.69 bits per heavy atom. The third kappa shape index (κ3) is 4.93. The highest BCUT2D eigenvalue weighted by Crippen LogP contribution is 2.32. The highest BCUT2D eigenvalue weighted by Gasteiger charge is 2.11. The monoisotopic (exact) mass is 431 g/mol. The molecule has 0 spiro atoms. The summed E-state index contributed by atoms with van der Waals surface area (Å²) < 4.78 is 12.6. The molecule has 5 heteroatoms. The quantitative estimate of drug-likeness (QED) is 0.475. The van der Waals surface area contributed by atoms with E-state index in [2.05, 4.69) is 21.2 Å². The van der Waals surface area contributed by atoms with Crippen LogP contribution in [0.2, 0.25) is 5.02 Å². The van der Waals surface area contributed by atoms with E-state index in [0.29, 0.717) is 23.9 Å². The summed E-state index contributed by atoms with van der Waals surface area (Å²) in [7, 11) is 1.65. The molecule has 0 aliphatic carbocycles. The van der Waals surface area contributed by atoms with Crippen molar-refractivity contribution in [1.29, 1.82) is 0 Å². The molecule has 26 heavy (non-hydrogen) atoms. The summed E-state index contributed by atoms with van der Waals surface area (Å²) in [5, 5.41) is 4.13. The van der Waals surface area contributed by atoms with E-state index in [0.717, 1.165) is 27.0 Å². The van der Waals surface area contributed by atoms with Gasteiger partial charge in [-0.05, 0) is 48.0 Å². The Labute approximate surface area is 167 Å². The first-order valence-corrected chi connectivity index (χ1v) is 9.35. The highest BCUT2D eigenvalue weighted by molar-refractivity contribution is 9.10. The number of benzene rings is 3. The van der Waals surface area contributed by atoms with Gasteiger partial charge in [0.05, 0.1) is 7.11 Å². The zero-order valence-corrected chi connectivity index (χ0v) is 16.7. The maximum Gasteiger partial charge on any atom is 0.166 e. The molecule has 134 valence electrons. The third-order valence-electron chi connectivity index (χ3n) is 3.90. The lowest BCUT2D eigenvalue weighted by Crippen LogP contribution is -2.05. The van der Waals surface area contributed by atoms with Crippen molar-refractivity contribution in [3.05, 3.63) is 87.4 Å². The Kier molecular flexibility index (Phi) is 6.42. The topological polar surface area (TPSA) is 30.5 Å². The van der Waals surface area contributed by atoms with Gasteiger partial charge in [-0.3, -0.25) is 0 Å². The van der Waals surface area contributed by atoms with Crippen LogP contribution < -0.4 is 14.8 Å². The van der Waals surface area contributed by atoms with Gasteiger partial charge in [0.25, 0.3) is 0 Å². The van der Waals surface area contributed by atoms with Crippen molar-refractivity contribution < 1.29 is 9.47 Å². The second-order valence-corrected chi connectivity index (χ2v) is 7.08. The molecule has 0 bridgehead atoms. The number of ether oxygens (including phenoxy) is 2. The molecule has 3 aromatic rings. The van der Waals surface area contributed by atoms with Gasteiger partial charge in [-0.25, -0.2) is 0 Å². The van der Waals surface area contributed by atoms with Gasteiger partial charge in [-0.2, -0.15) is 0 Å². The Morgan fingerprint density at radius 3 is 2.38 bits per heavy atom. The average molecular weight is 433 g/mol. The number of anilines is 1. The van der Waals surface area contributed by atoms with Crippen LogP contribution in [0.25, 0.3) is 0 Å². The average Bonchev–Trinajstić information content (AvgIpc) is 2.67. The zero-order valence-electron chi connectivity index (χ0n) is 14.3. The van der Waals surface area contributed by atoms with Crippen LogP contribution in [0.5, 0.6) is 11.5 Å². The molecule has 0 radical (unpaired) electrons. The fraction of sp³-hybridized carbons (Fsp3) is 0.143. The number of methoxy groups -OCH3 is 1. The summed E-state index contributed by atoms with van der Waals surface area (Å²) in [6, 6.07) is 21.6. The minimum atomic E-state index is 0.447. The molecule has 3 nitrogen and oxygen atoms in total. The molecule has 0 amide bonds. The molecule has 1 N–H and O–H groups in total. The van der Waals surface area contributed by atoms with Crippen LogP contribution in [0.1, 0.15) is 11.1 Å². The first kappa shape index (κ1) is 18.6. The first-order valence-electron chi connectivity index (χ1n) is 8.18. The molecule has 0 aliphatic heterocycles. The highest BCUT2D eigenvalue weighted by atomic mass is 79.9. The largest absolute Gasteiger partial charge is 0.493 e. The van der Waals surface area contributed by atoms with Crippen LogP contribution in [0, 0.1) is 0 Å². The molecule has 0 saturated carbocycles. The minimum absolute atomic E-state index is 0.447. The normalized spacial score (nSPS) is 10.4. The molecule has 3 aromatic carbocycles. The van der Waals surface area contributed by atoms with Crippen LogP contribution in [0.4, 0.5) is 5.69 Å². The maximum absolute atomic E-state index is 6.08. The second kappa shape index (κ2) is 8.97. The Hall–Kier alpha value is -2.17. The summed E-state index contributed by atoms with van der Waals surface area (Å²) in [5.74, 6) is 1.46. The van der Waals surface area contributed by atoms with Crippen LogP contribution in [-0.2, 0) is 13.2 Å². The summed E-state index contributed by atoms with van der Waals surface area (Å²) in [4.78, 5) is 0. The molecule has 0 atom stereocenters. The van der Waals surface area contributed by atoms with E-state index in [1.165, 1.54) is 0 Å². The Balaban J connectivity index is 1.74. The van der Waals surface area contributed by atoms with Crippen molar-refractivity contribution in [2.75, 3.05) is 12.4 Å². The van der Waals surface area contributed by atoms with Crippen molar-refractivity contribution in [2.45, 2.75) is 13.2 Å². The summed E-state index contributed by atoms with van der Waals surface area (Å²) in [5.41, 5.74) is 3.12. The minimum Gasteiger partial charge on any atom is -0.493 e. The summed E-state index contributed by atoms with van der Waals surface area (Å²) >= 11 is 9.39. The molecule has 0 aromatic heterocycles. The van der Waals surface area contributed by atoms with E-state index in [9.17, 15) is 0 Å². The van der Waals surface area contributed by atoms with Crippen molar-refractivity contribution in [3.63, 3.8) is 0 Å². The van der Waals surface area contributed by atoms with Crippen LogP contribution >= 0.6 is 27.5 Å². The van der Waals surface area contributed by atoms with Crippen LogP contribution in [-0.4, -0.2) is 7.11 Å². The lowest BCUT2D eigenvalue weighted by Gasteiger charge is -2.16. The lowest BCUT2D eigenvalue weighted by molar-refractivity contribution is 0.281. The SMILES string of the molecule is COc1cccc(CNc2ccc(Br)cc2)c1OCc1ccc(Cl)cc1. The van der Waals surface area contributed by atoms with Crippen LogP contribution in [0.3, 0.4) is 0 Å². The molecule has 0 unspecified atom stereocenters. The lowest BCUT2D eigenvalue weighted by atomic mass is 10.1. The van der Waals surface area contributed by atoms with Gasteiger partial charge < -0.3 is 14.8 Å². The van der Waals surface area contributed by atoms with E-state index >= 15 is 0 Å². The number of hydrogen-bond donors (Lipinski definition) is 1. The molecule has 0 saturated heterocycles. The molecular formula is C21H19BrClNO2. The van der Waals surface area contributed by atoms with Crippen molar-refractivity contribution in [3.8, 4) is 11.5 Å². The third-order valence-corrected chi connectivity index (χ3v) is 4.68. The van der Waals surface area contributed by atoms with E-state index in [4.69, 9.17) is 21.1 Å². The molecular weight excluding hydrogens is 414 g/mol. The predicted molar refractivity (Wildman–Crippen MR) is 110 cm³/mol. The summed E-state index contributed by atoms with van der Waals surface area (Å²) in [6.07, 6.45) is 0. The van der Waals surface area contributed by atoms with Gasteiger partial charge in [-0.15, -0.1) is 0 Å². The maximum atomic E-state index is 6.08. The second-order valence-electron chi connectivity index (χ2n) is 5.72.